The van der Waals surface area contributed by atoms with Crippen LogP contribution in [0.15, 0.2) is 42.5 Å². The summed E-state index contributed by atoms with van der Waals surface area (Å²) in [4.78, 5) is 12.0. The molecule has 0 bridgehead atoms. The van der Waals surface area contributed by atoms with Crippen LogP contribution in [0.5, 0.6) is 11.5 Å². The Morgan fingerprint density at radius 3 is 2.58 bits per heavy atom. The minimum atomic E-state index is -0.0455. The molecule has 98 valence electrons. The van der Waals surface area contributed by atoms with E-state index in [1.807, 2.05) is 19.1 Å². The summed E-state index contributed by atoms with van der Waals surface area (Å²) in [6.45, 7) is 1.90. The van der Waals surface area contributed by atoms with E-state index in [0.29, 0.717) is 18.4 Å². The number of aryl methyl sites for hydroxylation is 2. The van der Waals surface area contributed by atoms with Gasteiger partial charge in [-0.1, -0.05) is 24.3 Å². The summed E-state index contributed by atoms with van der Waals surface area (Å²) >= 11 is 0. The van der Waals surface area contributed by atoms with Gasteiger partial charge in [-0.3, -0.25) is 4.79 Å². The van der Waals surface area contributed by atoms with Crippen LogP contribution in [0.2, 0.25) is 0 Å². The molecule has 0 amide bonds. The molecular formula is C16H16O3. The van der Waals surface area contributed by atoms with Gasteiger partial charge in [0.2, 0.25) is 0 Å². The van der Waals surface area contributed by atoms with Gasteiger partial charge in [0.15, 0.2) is 5.78 Å². The molecule has 0 saturated heterocycles. The number of rotatable bonds is 4. The van der Waals surface area contributed by atoms with Crippen molar-refractivity contribution in [3.05, 3.63) is 59.2 Å². The van der Waals surface area contributed by atoms with Crippen molar-refractivity contribution < 1.29 is 15.0 Å². The lowest BCUT2D eigenvalue weighted by atomic mass is 10.0. The molecule has 0 radical (unpaired) electrons. The minimum absolute atomic E-state index is 0.0455. The highest BCUT2D eigenvalue weighted by Crippen LogP contribution is 2.21. The van der Waals surface area contributed by atoms with E-state index in [-0.39, 0.29) is 17.3 Å². The number of hydrogen-bond donors (Lipinski definition) is 2. The lowest BCUT2D eigenvalue weighted by Crippen LogP contribution is -2.01. The highest BCUT2D eigenvalue weighted by atomic mass is 16.3. The average Bonchev–Trinajstić information content (AvgIpc) is 2.37. The Kier molecular flexibility index (Phi) is 3.85. The SMILES string of the molecule is Cc1ccc(CCC(=O)c2cccc(O)c2)c(O)c1. The molecule has 0 fully saturated rings. The zero-order valence-electron chi connectivity index (χ0n) is 10.8. The van der Waals surface area contributed by atoms with Gasteiger partial charge in [0.05, 0.1) is 0 Å². The molecule has 2 aromatic rings. The molecule has 0 heterocycles. The van der Waals surface area contributed by atoms with Gasteiger partial charge in [0.1, 0.15) is 11.5 Å². The molecular weight excluding hydrogens is 240 g/mol. The highest BCUT2D eigenvalue weighted by Gasteiger charge is 2.08. The normalized spacial score (nSPS) is 10.4. The predicted octanol–water partition coefficient (Wildman–Crippen LogP) is 3.22. The number of benzene rings is 2. The third-order valence-corrected chi connectivity index (χ3v) is 3.03. The zero-order valence-corrected chi connectivity index (χ0v) is 10.8. The van der Waals surface area contributed by atoms with E-state index in [0.717, 1.165) is 11.1 Å². The van der Waals surface area contributed by atoms with E-state index >= 15 is 0 Å². The van der Waals surface area contributed by atoms with Crippen LogP contribution in [0, 0.1) is 6.92 Å². The van der Waals surface area contributed by atoms with Gasteiger partial charge in [-0.15, -0.1) is 0 Å². The van der Waals surface area contributed by atoms with E-state index in [2.05, 4.69) is 0 Å². The van der Waals surface area contributed by atoms with Crippen LogP contribution < -0.4 is 0 Å². The van der Waals surface area contributed by atoms with Crippen LogP contribution in [0.25, 0.3) is 0 Å². The minimum Gasteiger partial charge on any atom is -0.508 e. The molecule has 0 aromatic heterocycles. The number of ketones is 1. The van der Waals surface area contributed by atoms with Crippen molar-refractivity contribution in [1.29, 1.82) is 0 Å². The molecule has 0 spiro atoms. The Morgan fingerprint density at radius 2 is 1.89 bits per heavy atom. The molecule has 19 heavy (non-hydrogen) atoms. The Bertz CT molecular complexity index is 603. The van der Waals surface area contributed by atoms with Crippen molar-refractivity contribution in [2.75, 3.05) is 0 Å². The van der Waals surface area contributed by atoms with Gasteiger partial charge < -0.3 is 10.2 Å². The molecule has 2 N–H and O–H groups in total. The Hall–Kier alpha value is -2.29. The zero-order chi connectivity index (χ0) is 13.8. The molecule has 2 rings (SSSR count). The quantitative estimate of drug-likeness (QED) is 0.826. The molecule has 0 aliphatic rings. The molecule has 2 aromatic carbocycles. The van der Waals surface area contributed by atoms with Gasteiger partial charge in [0.25, 0.3) is 0 Å². The molecule has 3 heteroatoms. The van der Waals surface area contributed by atoms with E-state index in [1.54, 1.807) is 18.2 Å². The van der Waals surface area contributed by atoms with Gasteiger partial charge in [-0.05, 0) is 42.7 Å². The van der Waals surface area contributed by atoms with Crippen LogP contribution >= 0.6 is 0 Å². The number of carbonyl (C=O) groups excluding carboxylic acids is 1. The largest absolute Gasteiger partial charge is 0.508 e. The van der Waals surface area contributed by atoms with Crippen molar-refractivity contribution in [3.8, 4) is 11.5 Å². The van der Waals surface area contributed by atoms with Gasteiger partial charge in [0, 0.05) is 12.0 Å². The smallest absolute Gasteiger partial charge is 0.163 e. The first kappa shape index (κ1) is 13.1. The summed E-state index contributed by atoms with van der Waals surface area (Å²) in [6, 6.07) is 11.7. The molecule has 0 aliphatic heterocycles. The maximum atomic E-state index is 12.0. The van der Waals surface area contributed by atoms with Crippen molar-refractivity contribution in [2.24, 2.45) is 0 Å². The Balaban J connectivity index is 2.04. The summed E-state index contributed by atoms with van der Waals surface area (Å²) in [5, 5.41) is 19.1. The van der Waals surface area contributed by atoms with Gasteiger partial charge in [-0.2, -0.15) is 0 Å². The summed E-state index contributed by atoms with van der Waals surface area (Å²) < 4.78 is 0. The number of hydrogen-bond acceptors (Lipinski definition) is 3. The summed E-state index contributed by atoms with van der Waals surface area (Å²) in [6.07, 6.45) is 0.792. The number of phenols is 2. The van der Waals surface area contributed by atoms with Crippen LogP contribution in [-0.4, -0.2) is 16.0 Å². The van der Waals surface area contributed by atoms with Gasteiger partial charge >= 0.3 is 0 Å². The third-order valence-electron chi connectivity index (χ3n) is 3.03. The topological polar surface area (TPSA) is 57.5 Å². The van der Waals surface area contributed by atoms with Crippen molar-refractivity contribution in [1.82, 2.24) is 0 Å². The maximum Gasteiger partial charge on any atom is 0.163 e. The lowest BCUT2D eigenvalue weighted by molar-refractivity contribution is 0.0982. The first-order chi connectivity index (χ1) is 9.06. The van der Waals surface area contributed by atoms with Crippen molar-refractivity contribution in [2.45, 2.75) is 19.8 Å². The van der Waals surface area contributed by atoms with Crippen LogP contribution in [-0.2, 0) is 6.42 Å². The average molecular weight is 256 g/mol. The second-order valence-corrected chi connectivity index (χ2v) is 4.61. The second kappa shape index (κ2) is 5.57. The molecule has 0 atom stereocenters. The fourth-order valence-electron chi connectivity index (χ4n) is 1.96. The van der Waals surface area contributed by atoms with E-state index in [1.165, 1.54) is 12.1 Å². The van der Waals surface area contributed by atoms with Crippen LogP contribution in [0.1, 0.15) is 27.9 Å². The number of phenolic OH excluding ortho intramolecular Hbond substituents is 2. The number of Topliss-reactive ketones (excluding diaryl/α,β-unsaturated/α-hetero) is 1. The summed E-state index contributed by atoms with van der Waals surface area (Å²) in [7, 11) is 0. The fraction of sp³-hybridized carbons (Fsp3) is 0.188. The Labute approximate surface area is 112 Å². The maximum absolute atomic E-state index is 12.0. The second-order valence-electron chi connectivity index (χ2n) is 4.61. The molecule has 0 unspecified atom stereocenters. The summed E-state index contributed by atoms with van der Waals surface area (Å²) in [5.41, 5.74) is 2.24. The first-order valence-corrected chi connectivity index (χ1v) is 6.17. The standard InChI is InChI=1S/C16H16O3/c1-11-5-6-12(16(19)9-11)7-8-15(18)13-3-2-4-14(17)10-13/h2-6,9-10,17,19H,7-8H2,1H3. The molecule has 3 nitrogen and oxygen atoms in total. The molecule has 0 saturated carbocycles. The highest BCUT2D eigenvalue weighted by molar-refractivity contribution is 5.96. The third kappa shape index (κ3) is 3.35. The predicted molar refractivity (Wildman–Crippen MR) is 73.6 cm³/mol. The summed E-state index contributed by atoms with van der Waals surface area (Å²) in [5.74, 6) is 0.267. The monoisotopic (exact) mass is 256 g/mol. The van der Waals surface area contributed by atoms with Gasteiger partial charge in [-0.25, -0.2) is 0 Å². The van der Waals surface area contributed by atoms with E-state index < -0.39 is 0 Å². The van der Waals surface area contributed by atoms with Crippen LogP contribution in [0.3, 0.4) is 0 Å². The first-order valence-electron chi connectivity index (χ1n) is 6.17. The number of carbonyl (C=O) groups is 1. The molecule has 0 aliphatic carbocycles. The van der Waals surface area contributed by atoms with E-state index in [4.69, 9.17) is 0 Å². The Morgan fingerprint density at radius 1 is 1.11 bits per heavy atom. The number of aromatic hydroxyl groups is 2. The van der Waals surface area contributed by atoms with Crippen molar-refractivity contribution >= 4 is 5.78 Å². The van der Waals surface area contributed by atoms with E-state index in [9.17, 15) is 15.0 Å². The fourth-order valence-corrected chi connectivity index (χ4v) is 1.96. The lowest BCUT2D eigenvalue weighted by Gasteiger charge is -2.05. The van der Waals surface area contributed by atoms with Crippen LogP contribution in [0.4, 0.5) is 0 Å². The van der Waals surface area contributed by atoms with Crippen molar-refractivity contribution in [3.63, 3.8) is 0 Å².